The van der Waals surface area contributed by atoms with E-state index < -0.39 is 0 Å². The van der Waals surface area contributed by atoms with Gasteiger partial charge in [0.05, 0.1) is 7.05 Å². The van der Waals surface area contributed by atoms with Crippen molar-refractivity contribution in [3.63, 3.8) is 0 Å². The molecule has 0 aromatic heterocycles. The van der Waals surface area contributed by atoms with E-state index in [0.29, 0.717) is 6.54 Å². The largest absolute Gasteiger partial charge is 0.294 e. The molecule has 3 nitrogen and oxygen atoms in total. The Hall–Kier alpha value is -0.410. The molecule has 2 N–H and O–H groups in total. The predicted molar refractivity (Wildman–Crippen MR) is 31.5 cm³/mol. The van der Waals surface area contributed by atoms with E-state index in [1.807, 2.05) is 14.1 Å². The summed E-state index contributed by atoms with van der Waals surface area (Å²) in [5, 5.41) is 1.03. The molecule has 3 heteroatoms. The summed E-state index contributed by atoms with van der Waals surface area (Å²) in [5.41, 5.74) is 2.89. The van der Waals surface area contributed by atoms with E-state index in [1.165, 1.54) is 0 Å². The molecule has 0 fully saturated rings. The summed E-state index contributed by atoms with van der Waals surface area (Å²) in [5.74, 6) is 0.205. The predicted octanol–water partition coefficient (Wildman–Crippen LogP) is -1.78. The molecule has 1 unspecified atom stereocenters. The number of ketones is 1. The van der Waals surface area contributed by atoms with Crippen LogP contribution in [0.1, 0.15) is 6.92 Å². The maximum atomic E-state index is 10.4. The van der Waals surface area contributed by atoms with Crippen molar-refractivity contribution < 1.29 is 9.80 Å². The third-order valence-electron chi connectivity index (χ3n) is 0.941. The minimum absolute atomic E-state index is 0.205. The van der Waals surface area contributed by atoms with Crippen LogP contribution in [0, 0.1) is 0 Å². The van der Waals surface area contributed by atoms with Crippen LogP contribution in [0.5, 0.6) is 0 Å². The van der Waals surface area contributed by atoms with Crippen LogP contribution in [0.15, 0.2) is 0 Å². The van der Waals surface area contributed by atoms with Crippen LogP contribution < -0.4 is 10.4 Å². The molecule has 0 radical (unpaired) electrons. The Morgan fingerprint density at radius 2 is 2.25 bits per heavy atom. The van der Waals surface area contributed by atoms with Crippen molar-refractivity contribution in [1.29, 1.82) is 0 Å². The van der Waals surface area contributed by atoms with Crippen molar-refractivity contribution in [2.45, 2.75) is 6.92 Å². The third-order valence-corrected chi connectivity index (χ3v) is 0.941. The number of quaternary nitrogens is 1. The van der Waals surface area contributed by atoms with Crippen LogP contribution in [0.4, 0.5) is 0 Å². The van der Waals surface area contributed by atoms with Gasteiger partial charge in [-0.25, -0.2) is 0 Å². The van der Waals surface area contributed by atoms with Crippen molar-refractivity contribution in [2.24, 2.45) is 0 Å². The maximum Gasteiger partial charge on any atom is 0.185 e. The molecule has 0 rings (SSSR count). The minimum atomic E-state index is 0.205. The van der Waals surface area contributed by atoms with Gasteiger partial charge in [-0.15, -0.1) is 0 Å². The van der Waals surface area contributed by atoms with E-state index in [2.05, 4.69) is 5.43 Å². The number of Topliss-reactive ketones (excluding diaryl/α,β-unsaturated/α-hetero) is 1. The fourth-order valence-electron chi connectivity index (χ4n) is 0.462. The van der Waals surface area contributed by atoms with Crippen molar-refractivity contribution in [3.8, 4) is 0 Å². The fourth-order valence-corrected chi connectivity index (χ4v) is 0.462. The first-order valence-corrected chi connectivity index (χ1v) is 2.66. The second kappa shape index (κ2) is 3.57. The van der Waals surface area contributed by atoms with Crippen LogP contribution in [0.25, 0.3) is 0 Å². The van der Waals surface area contributed by atoms with Crippen LogP contribution >= 0.6 is 0 Å². The van der Waals surface area contributed by atoms with Gasteiger partial charge >= 0.3 is 0 Å². The lowest BCUT2D eigenvalue weighted by molar-refractivity contribution is -0.915. The number of carbonyl (C=O) groups excluding carboxylic acids is 1. The molecule has 8 heavy (non-hydrogen) atoms. The lowest BCUT2D eigenvalue weighted by atomic mass is 10.4. The van der Waals surface area contributed by atoms with Gasteiger partial charge in [-0.2, -0.15) is 5.43 Å². The van der Waals surface area contributed by atoms with Crippen molar-refractivity contribution >= 4 is 5.78 Å². The lowest BCUT2D eigenvalue weighted by Crippen LogP contribution is -3.16. The highest BCUT2D eigenvalue weighted by Crippen LogP contribution is 1.52. The fraction of sp³-hybridized carbons (Fsp3) is 0.800. The van der Waals surface area contributed by atoms with Crippen LogP contribution in [0.3, 0.4) is 0 Å². The zero-order valence-corrected chi connectivity index (χ0v) is 5.62. The zero-order chi connectivity index (χ0) is 6.57. The number of rotatable bonds is 3. The molecule has 0 saturated heterocycles. The van der Waals surface area contributed by atoms with Gasteiger partial charge < -0.3 is 0 Å². The SMILES string of the molecule is CN[NH+](C)CC(C)=O. The molecule has 0 saturated carbocycles. The summed E-state index contributed by atoms with van der Waals surface area (Å²) in [6.45, 7) is 2.14. The quantitative estimate of drug-likeness (QED) is 0.429. The highest BCUT2D eigenvalue weighted by atomic mass is 16.1. The average molecular weight is 117 g/mol. The molecule has 1 atom stereocenters. The van der Waals surface area contributed by atoms with Gasteiger partial charge in [0.2, 0.25) is 0 Å². The molecule has 0 heterocycles. The zero-order valence-electron chi connectivity index (χ0n) is 5.62. The monoisotopic (exact) mass is 117 g/mol. The number of carbonyl (C=O) groups is 1. The van der Waals surface area contributed by atoms with Gasteiger partial charge in [0.15, 0.2) is 12.3 Å². The molecule has 0 aliphatic heterocycles. The maximum absolute atomic E-state index is 10.4. The first kappa shape index (κ1) is 7.59. The third kappa shape index (κ3) is 3.77. The molecule has 48 valence electrons. The Balaban J connectivity index is 3.24. The summed E-state index contributed by atoms with van der Waals surface area (Å²) in [6, 6.07) is 0. The summed E-state index contributed by atoms with van der Waals surface area (Å²) in [7, 11) is 3.72. The molecule has 0 aromatic rings. The van der Waals surface area contributed by atoms with Crippen LogP contribution in [-0.2, 0) is 4.79 Å². The molecule has 0 bridgehead atoms. The molecular formula is C5H13N2O+. The molecular weight excluding hydrogens is 104 g/mol. The highest BCUT2D eigenvalue weighted by molar-refractivity contribution is 5.76. The van der Waals surface area contributed by atoms with Crippen molar-refractivity contribution in [3.05, 3.63) is 0 Å². The standard InChI is InChI=1S/C5H12N2O/c1-5(8)4-7(3)6-2/h6H,4H2,1-3H3/p+1. The number of hydrogen-bond donors (Lipinski definition) is 2. The van der Waals surface area contributed by atoms with Crippen molar-refractivity contribution in [2.75, 3.05) is 20.6 Å². The van der Waals surface area contributed by atoms with E-state index >= 15 is 0 Å². The van der Waals surface area contributed by atoms with E-state index in [-0.39, 0.29) is 5.78 Å². The average Bonchev–Trinajstić information content (AvgIpc) is 1.65. The summed E-state index contributed by atoms with van der Waals surface area (Å²) in [6.07, 6.45) is 0. The number of nitrogens with one attached hydrogen (secondary N) is 2. The summed E-state index contributed by atoms with van der Waals surface area (Å²) in [4.78, 5) is 10.4. The number of hydrogen-bond acceptors (Lipinski definition) is 2. The Morgan fingerprint density at radius 3 is 2.38 bits per heavy atom. The van der Waals surface area contributed by atoms with Crippen LogP contribution in [0.2, 0.25) is 0 Å². The minimum Gasteiger partial charge on any atom is -0.294 e. The smallest absolute Gasteiger partial charge is 0.185 e. The van der Waals surface area contributed by atoms with Gasteiger partial charge in [-0.1, -0.05) is 0 Å². The Labute approximate surface area is 49.6 Å². The summed E-state index contributed by atoms with van der Waals surface area (Å²) >= 11 is 0. The molecule has 0 aromatic carbocycles. The normalized spacial score (nSPS) is 13.4. The second-order valence-electron chi connectivity index (χ2n) is 1.91. The van der Waals surface area contributed by atoms with E-state index in [0.717, 1.165) is 5.01 Å². The van der Waals surface area contributed by atoms with Crippen LogP contribution in [-0.4, -0.2) is 26.4 Å². The second-order valence-corrected chi connectivity index (χ2v) is 1.91. The first-order valence-electron chi connectivity index (χ1n) is 2.66. The van der Waals surface area contributed by atoms with E-state index in [9.17, 15) is 4.79 Å². The van der Waals surface area contributed by atoms with Gasteiger partial charge in [-0.05, 0) is 0 Å². The lowest BCUT2D eigenvalue weighted by Gasteiger charge is -2.07. The molecule has 0 amide bonds. The van der Waals surface area contributed by atoms with E-state index in [4.69, 9.17) is 0 Å². The Bertz CT molecular complexity index is 82.5. The summed E-state index contributed by atoms with van der Waals surface area (Å²) < 4.78 is 0. The van der Waals surface area contributed by atoms with Gasteiger partial charge in [0, 0.05) is 14.0 Å². The van der Waals surface area contributed by atoms with Gasteiger partial charge in [0.1, 0.15) is 0 Å². The number of likely N-dealkylation sites (N-methyl/N-ethyl adjacent to an activating group) is 1. The van der Waals surface area contributed by atoms with Gasteiger partial charge in [-0.3, -0.25) is 9.80 Å². The molecule has 0 spiro atoms. The Morgan fingerprint density at radius 1 is 1.75 bits per heavy atom. The topological polar surface area (TPSA) is 33.5 Å². The molecule has 0 aliphatic rings. The van der Waals surface area contributed by atoms with Crippen molar-refractivity contribution in [1.82, 2.24) is 5.43 Å². The Kier molecular flexibility index (Phi) is 3.39. The highest BCUT2D eigenvalue weighted by Gasteiger charge is 1.99. The van der Waals surface area contributed by atoms with E-state index in [1.54, 1.807) is 6.92 Å². The first-order chi connectivity index (χ1) is 3.66. The van der Waals surface area contributed by atoms with Gasteiger partial charge in [0.25, 0.3) is 0 Å². The molecule has 0 aliphatic carbocycles.